The molecule has 0 aliphatic carbocycles. The second kappa shape index (κ2) is 10.5. The van der Waals surface area contributed by atoms with E-state index in [2.05, 4.69) is 0 Å². The van der Waals surface area contributed by atoms with E-state index in [-0.39, 0.29) is 5.91 Å². The van der Waals surface area contributed by atoms with Gasteiger partial charge in [-0.3, -0.25) is 4.79 Å². The van der Waals surface area contributed by atoms with Gasteiger partial charge in [-0.15, -0.1) is 11.3 Å². The van der Waals surface area contributed by atoms with Crippen molar-refractivity contribution in [2.75, 3.05) is 37.9 Å². The van der Waals surface area contributed by atoms with Crippen molar-refractivity contribution in [3.05, 3.63) is 70.4 Å². The summed E-state index contributed by atoms with van der Waals surface area (Å²) < 4.78 is 27.5. The number of fused-ring (bicyclic) bond motifs is 2. The van der Waals surface area contributed by atoms with Crippen molar-refractivity contribution < 1.29 is 33.3 Å². The summed E-state index contributed by atoms with van der Waals surface area (Å²) in [5.41, 5.74) is 1.39. The molecule has 1 aromatic heterocycles. The fourth-order valence-corrected chi connectivity index (χ4v) is 4.36. The number of amides is 1. The molecule has 2 aliphatic heterocycles. The first-order chi connectivity index (χ1) is 17.2. The van der Waals surface area contributed by atoms with Crippen LogP contribution in [-0.4, -0.2) is 44.9 Å². The zero-order valence-corrected chi connectivity index (χ0v) is 19.6. The third-order valence-corrected chi connectivity index (χ3v) is 6.21. The second-order valence-corrected chi connectivity index (χ2v) is 8.76. The Labute approximate surface area is 206 Å². The quantitative estimate of drug-likeness (QED) is 0.362. The van der Waals surface area contributed by atoms with Crippen LogP contribution < -0.4 is 23.8 Å². The fraction of sp³-hybridized carbons (Fsp3) is 0.231. The highest BCUT2D eigenvalue weighted by molar-refractivity contribution is 7.09. The van der Waals surface area contributed by atoms with Crippen molar-refractivity contribution in [1.29, 1.82) is 0 Å². The number of esters is 1. The summed E-state index contributed by atoms with van der Waals surface area (Å²) in [4.78, 5) is 28.0. The molecule has 180 valence electrons. The van der Waals surface area contributed by atoms with Crippen LogP contribution >= 0.6 is 11.3 Å². The normalized spacial score (nSPS) is 13.9. The lowest BCUT2D eigenvalue weighted by atomic mass is 10.2. The molecule has 0 spiro atoms. The fourth-order valence-electron chi connectivity index (χ4n) is 3.67. The predicted molar refractivity (Wildman–Crippen MR) is 130 cm³/mol. The number of hydrogen-bond acceptors (Lipinski definition) is 8. The molecule has 0 bridgehead atoms. The van der Waals surface area contributed by atoms with Crippen molar-refractivity contribution in [3.63, 3.8) is 0 Å². The number of carbonyl (C=O) groups excluding carboxylic acids is 2. The third kappa shape index (κ3) is 5.58. The molecule has 0 saturated carbocycles. The Hall–Kier alpha value is -3.98. The Morgan fingerprint density at radius 2 is 1.57 bits per heavy atom. The maximum absolute atomic E-state index is 13.1. The predicted octanol–water partition coefficient (Wildman–Crippen LogP) is 4.08. The van der Waals surface area contributed by atoms with Crippen molar-refractivity contribution in [2.45, 2.75) is 6.54 Å². The van der Waals surface area contributed by atoms with Crippen LogP contribution in [0.4, 0.5) is 5.69 Å². The van der Waals surface area contributed by atoms with Gasteiger partial charge in [0.05, 0.1) is 6.54 Å². The van der Waals surface area contributed by atoms with E-state index in [0.29, 0.717) is 61.7 Å². The summed E-state index contributed by atoms with van der Waals surface area (Å²) in [5.74, 6) is 1.55. The van der Waals surface area contributed by atoms with E-state index in [9.17, 15) is 9.59 Å². The summed E-state index contributed by atoms with van der Waals surface area (Å²) in [6.07, 6.45) is 2.89. The van der Waals surface area contributed by atoms with Gasteiger partial charge in [-0.05, 0) is 47.4 Å². The molecule has 0 unspecified atom stereocenters. The highest BCUT2D eigenvalue weighted by Gasteiger charge is 2.21. The van der Waals surface area contributed by atoms with Crippen LogP contribution in [0.15, 0.2) is 60.0 Å². The van der Waals surface area contributed by atoms with E-state index >= 15 is 0 Å². The number of carbonyl (C=O) groups is 2. The lowest BCUT2D eigenvalue weighted by molar-refractivity contribution is -0.142. The van der Waals surface area contributed by atoms with Crippen LogP contribution in [0.1, 0.15) is 10.4 Å². The van der Waals surface area contributed by atoms with Gasteiger partial charge < -0.3 is 28.6 Å². The molecule has 0 N–H and O–H groups in total. The van der Waals surface area contributed by atoms with E-state index in [0.717, 1.165) is 10.4 Å². The van der Waals surface area contributed by atoms with Gasteiger partial charge in [-0.1, -0.05) is 12.1 Å². The number of anilines is 1. The van der Waals surface area contributed by atoms with Gasteiger partial charge in [-0.25, -0.2) is 4.79 Å². The first kappa shape index (κ1) is 22.8. The summed E-state index contributed by atoms with van der Waals surface area (Å²) in [6.45, 7) is 1.88. The molecule has 8 nitrogen and oxygen atoms in total. The number of benzene rings is 2. The molecule has 0 radical (unpaired) electrons. The van der Waals surface area contributed by atoms with Crippen molar-refractivity contribution in [2.24, 2.45) is 0 Å². The molecule has 35 heavy (non-hydrogen) atoms. The molecular weight excluding hydrogens is 470 g/mol. The Morgan fingerprint density at radius 3 is 2.29 bits per heavy atom. The van der Waals surface area contributed by atoms with Crippen molar-refractivity contribution in [3.8, 4) is 23.0 Å². The Morgan fingerprint density at radius 1 is 0.886 bits per heavy atom. The maximum Gasteiger partial charge on any atom is 0.331 e. The number of ether oxygens (including phenoxy) is 5. The van der Waals surface area contributed by atoms with Crippen LogP contribution in [0.2, 0.25) is 0 Å². The van der Waals surface area contributed by atoms with Crippen LogP contribution in [0.3, 0.4) is 0 Å². The third-order valence-electron chi connectivity index (χ3n) is 5.35. The summed E-state index contributed by atoms with van der Waals surface area (Å²) in [7, 11) is 0. The molecule has 2 aliphatic rings. The minimum absolute atomic E-state index is 0.348. The Balaban J connectivity index is 1.25. The number of thiophene rings is 1. The van der Waals surface area contributed by atoms with Gasteiger partial charge in [0.2, 0.25) is 0 Å². The van der Waals surface area contributed by atoms with Gasteiger partial charge in [0.15, 0.2) is 29.6 Å². The average Bonchev–Trinajstić information content (AvgIpc) is 3.42. The van der Waals surface area contributed by atoms with E-state index in [1.807, 2.05) is 23.6 Å². The van der Waals surface area contributed by atoms with Gasteiger partial charge in [0, 0.05) is 22.7 Å². The summed E-state index contributed by atoms with van der Waals surface area (Å²) in [5, 5.41) is 1.95. The lowest BCUT2D eigenvalue weighted by Crippen LogP contribution is -2.34. The zero-order chi connectivity index (χ0) is 24.0. The van der Waals surface area contributed by atoms with Gasteiger partial charge in [-0.2, -0.15) is 0 Å². The SMILES string of the molecule is O=C(/C=C/c1ccc2c(c1)OCCO2)OCC(=O)N(Cc1cccs1)c1ccc2c(c1)OCCO2. The molecule has 1 amide bonds. The van der Waals surface area contributed by atoms with Crippen molar-refractivity contribution >= 4 is 35.0 Å². The van der Waals surface area contributed by atoms with Crippen LogP contribution in [0.5, 0.6) is 23.0 Å². The van der Waals surface area contributed by atoms with Crippen LogP contribution in [-0.2, 0) is 20.9 Å². The number of hydrogen-bond donors (Lipinski definition) is 0. The Kier molecular flexibility index (Phi) is 6.85. The zero-order valence-electron chi connectivity index (χ0n) is 18.8. The molecule has 2 aromatic carbocycles. The summed E-state index contributed by atoms with van der Waals surface area (Å²) in [6, 6.07) is 14.6. The van der Waals surface area contributed by atoms with Gasteiger partial charge in [0.25, 0.3) is 5.91 Å². The van der Waals surface area contributed by atoms with E-state index in [1.165, 1.54) is 6.08 Å². The molecule has 0 atom stereocenters. The molecule has 0 fully saturated rings. The maximum atomic E-state index is 13.1. The molecule has 0 saturated heterocycles. The average molecular weight is 494 g/mol. The van der Waals surface area contributed by atoms with Crippen LogP contribution in [0, 0.1) is 0 Å². The highest BCUT2D eigenvalue weighted by atomic mass is 32.1. The highest BCUT2D eigenvalue weighted by Crippen LogP contribution is 2.35. The molecule has 3 heterocycles. The lowest BCUT2D eigenvalue weighted by Gasteiger charge is -2.25. The molecule has 5 rings (SSSR count). The second-order valence-electron chi connectivity index (χ2n) is 7.73. The van der Waals surface area contributed by atoms with E-state index < -0.39 is 12.6 Å². The molecule has 9 heteroatoms. The standard InChI is InChI=1S/C26H23NO7S/c28-25(17-34-26(29)8-4-18-3-6-21-23(14-18)32-11-9-30-21)27(16-20-2-1-13-35-20)19-5-7-22-24(15-19)33-12-10-31-22/h1-8,13-15H,9-12,16-17H2/b8-4+. The van der Waals surface area contributed by atoms with E-state index in [1.54, 1.807) is 52.6 Å². The van der Waals surface area contributed by atoms with Gasteiger partial charge >= 0.3 is 5.97 Å². The van der Waals surface area contributed by atoms with Crippen LogP contribution in [0.25, 0.3) is 6.08 Å². The summed E-state index contributed by atoms with van der Waals surface area (Å²) >= 11 is 1.54. The first-order valence-electron chi connectivity index (χ1n) is 11.1. The van der Waals surface area contributed by atoms with E-state index in [4.69, 9.17) is 23.7 Å². The smallest absolute Gasteiger partial charge is 0.331 e. The topological polar surface area (TPSA) is 83.5 Å². The molecular formula is C26H23NO7S. The minimum Gasteiger partial charge on any atom is -0.486 e. The van der Waals surface area contributed by atoms with Crippen molar-refractivity contribution in [1.82, 2.24) is 0 Å². The molecule has 3 aromatic rings. The monoisotopic (exact) mass is 493 g/mol. The number of nitrogens with zero attached hydrogens (tertiary/aromatic N) is 1. The van der Waals surface area contributed by atoms with Gasteiger partial charge in [0.1, 0.15) is 26.4 Å². The first-order valence-corrected chi connectivity index (χ1v) is 12.0. The largest absolute Gasteiger partial charge is 0.486 e. The Bertz CT molecular complexity index is 1240. The minimum atomic E-state index is -0.619. The number of rotatable bonds is 7.